The molecule has 108 valence electrons. The highest BCUT2D eigenvalue weighted by molar-refractivity contribution is 6.33. The Morgan fingerprint density at radius 1 is 1.42 bits per heavy atom. The van der Waals surface area contributed by atoms with E-state index in [1.54, 1.807) is 13.8 Å². The van der Waals surface area contributed by atoms with Gasteiger partial charge in [-0.15, -0.1) is 0 Å². The summed E-state index contributed by atoms with van der Waals surface area (Å²) in [5, 5.41) is 13.9. The third-order valence-electron chi connectivity index (χ3n) is 3.20. The standard InChI is InChI=1S/C15H25ClN2O/c1-6-18(10-15(3,4)19)14-8-7-12(9-13(14)16)11(2)17-5/h7-9,11,17,19H,6,10H2,1-5H3. The highest BCUT2D eigenvalue weighted by Crippen LogP contribution is 2.29. The second-order valence-electron chi connectivity index (χ2n) is 5.55. The fourth-order valence-corrected chi connectivity index (χ4v) is 2.36. The van der Waals surface area contributed by atoms with Crippen LogP contribution in [0.5, 0.6) is 0 Å². The zero-order chi connectivity index (χ0) is 14.6. The van der Waals surface area contributed by atoms with Crippen molar-refractivity contribution >= 4 is 17.3 Å². The molecule has 0 aliphatic heterocycles. The Kier molecular flexibility index (Phi) is 5.65. The van der Waals surface area contributed by atoms with Crippen LogP contribution in [0.15, 0.2) is 18.2 Å². The van der Waals surface area contributed by atoms with Crippen LogP contribution in [0.25, 0.3) is 0 Å². The van der Waals surface area contributed by atoms with Crippen molar-refractivity contribution in [1.82, 2.24) is 5.32 Å². The first-order valence-electron chi connectivity index (χ1n) is 6.72. The summed E-state index contributed by atoms with van der Waals surface area (Å²) in [6.07, 6.45) is 0. The van der Waals surface area contributed by atoms with Gasteiger partial charge in [-0.05, 0) is 52.4 Å². The predicted molar refractivity (Wildman–Crippen MR) is 83.1 cm³/mol. The van der Waals surface area contributed by atoms with Gasteiger partial charge in [-0.2, -0.15) is 0 Å². The number of hydrogen-bond donors (Lipinski definition) is 2. The molecule has 4 heteroatoms. The first kappa shape index (κ1) is 16.3. The number of likely N-dealkylation sites (N-methyl/N-ethyl adjacent to an activating group) is 1. The van der Waals surface area contributed by atoms with Gasteiger partial charge in [0.15, 0.2) is 0 Å². The number of nitrogens with zero attached hydrogens (tertiary/aromatic N) is 1. The number of hydrogen-bond acceptors (Lipinski definition) is 3. The molecule has 0 spiro atoms. The van der Waals surface area contributed by atoms with Gasteiger partial charge in [-0.1, -0.05) is 17.7 Å². The van der Waals surface area contributed by atoms with Crippen LogP contribution in [-0.2, 0) is 0 Å². The number of halogens is 1. The highest BCUT2D eigenvalue weighted by atomic mass is 35.5. The van der Waals surface area contributed by atoms with Crippen molar-refractivity contribution in [1.29, 1.82) is 0 Å². The lowest BCUT2D eigenvalue weighted by Crippen LogP contribution is -2.38. The van der Waals surface area contributed by atoms with Gasteiger partial charge in [0, 0.05) is 19.1 Å². The van der Waals surface area contributed by atoms with Crippen LogP contribution in [0.3, 0.4) is 0 Å². The summed E-state index contributed by atoms with van der Waals surface area (Å²) in [5.41, 5.74) is 1.39. The first-order valence-corrected chi connectivity index (χ1v) is 7.10. The molecule has 1 aromatic rings. The van der Waals surface area contributed by atoms with Gasteiger partial charge in [-0.3, -0.25) is 0 Å². The summed E-state index contributed by atoms with van der Waals surface area (Å²) in [7, 11) is 1.93. The van der Waals surface area contributed by atoms with Crippen LogP contribution >= 0.6 is 11.6 Å². The molecule has 19 heavy (non-hydrogen) atoms. The molecule has 0 saturated heterocycles. The largest absolute Gasteiger partial charge is 0.389 e. The molecule has 0 radical (unpaired) electrons. The minimum Gasteiger partial charge on any atom is -0.389 e. The Bertz CT molecular complexity index is 415. The van der Waals surface area contributed by atoms with Crippen LogP contribution in [0.2, 0.25) is 5.02 Å². The minimum absolute atomic E-state index is 0.274. The molecular weight excluding hydrogens is 260 g/mol. The van der Waals surface area contributed by atoms with Crippen LogP contribution in [-0.4, -0.2) is 30.8 Å². The van der Waals surface area contributed by atoms with E-state index in [1.165, 1.54) is 0 Å². The van der Waals surface area contributed by atoms with Gasteiger partial charge in [0.25, 0.3) is 0 Å². The van der Waals surface area contributed by atoms with E-state index in [9.17, 15) is 5.11 Å². The van der Waals surface area contributed by atoms with Gasteiger partial charge in [-0.25, -0.2) is 0 Å². The van der Waals surface area contributed by atoms with Crippen molar-refractivity contribution in [2.45, 2.75) is 39.3 Å². The quantitative estimate of drug-likeness (QED) is 0.842. The van der Waals surface area contributed by atoms with Gasteiger partial charge in [0.2, 0.25) is 0 Å². The first-order chi connectivity index (χ1) is 8.78. The number of nitrogens with one attached hydrogen (secondary N) is 1. The smallest absolute Gasteiger partial charge is 0.0765 e. The summed E-state index contributed by atoms with van der Waals surface area (Å²) >= 11 is 6.38. The molecule has 1 rings (SSSR count). The van der Waals surface area contributed by atoms with Crippen LogP contribution in [0, 0.1) is 0 Å². The lowest BCUT2D eigenvalue weighted by Gasteiger charge is -2.31. The topological polar surface area (TPSA) is 35.5 Å². The monoisotopic (exact) mass is 284 g/mol. The van der Waals surface area contributed by atoms with Crippen molar-refractivity contribution in [3.8, 4) is 0 Å². The molecule has 1 atom stereocenters. The fourth-order valence-electron chi connectivity index (χ4n) is 2.05. The second-order valence-corrected chi connectivity index (χ2v) is 5.96. The van der Waals surface area contributed by atoms with Crippen molar-refractivity contribution in [3.05, 3.63) is 28.8 Å². The summed E-state index contributed by atoms with van der Waals surface area (Å²) in [6, 6.07) is 6.37. The Morgan fingerprint density at radius 3 is 2.47 bits per heavy atom. The normalized spacial score (nSPS) is 13.4. The van der Waals surface area contributed by atoms with E-state index in [4.69, 9.17) is 11.6 Å². The lowest BCUT2D eigenvalue weighted by molar-refractivity contribution is 0.0876. The Labute approximate surface area is 121 Å². The third kappa shape index (κ3) is 4.68. The molecule has 1 aromatic carbocycles. The maximum absolute atomic E-state index is 9.96. The Hall–Kier alpha value is -0.770. The summed E-state index contributed by atoms with van der Waals surface area (Å²) in [6.45, 7) is 9.14. The molecular formula is C15H25ClN2O. The minimum atomic E-state index is -0.740. The van der Waals surface area contributed by atoms with E-state index in [1.807, 2.05) is 19.2 Å². The van der Waals surface area contributed by atoms with E-state index in [2.05, 4.69) is 30.1 Å². The molecule has 0 bridgehead atoms. The molecule has 0 fully saturated rings. The van der Waals surface area contributed by atoms with E-state index < -0.39 is 5.60 Å². The predicted octanol–water partition coefficient (Wildman–Crippen LogP) is 3.22. The van der Waals surface area contributed by atoms with Crippen LogP contribution < -0.4 is 10.2 Å². The molecule has 0 aliphatic carbocycles. The fraction of sp³-hybridized carbons (Fsp3) is 0.600. The number of anilines is 1. The van der Waals surface area contributed by atoms with Gasteiger partial charge in [0.05, 0.1) is 16.3 Å². The number of rotatable bonds is 6. The van der Waals surface area contributed by atoms with E-state index >= 15 is 0 Å². The average molecular weight is 285 g/mol. The van der Waals surface area contributed by atoms with Gasteiger partial charge < -0.3 is 15.3 Å². The second kappa shape index (κ2) is 6.60. The molecule has 0 heterocycles. The van der Waals surface area contributed by atoms with E-state index in [0.29, 0.717) is 6.54 Å². The van der Waals surface area contributed by atoms with Crippen molar-refractivity contribution in [2.24, 2.45) is 0 Å². The molecule has 0 amide bonds. The number of benzene rings is 1. The molecule has 0 aliphatic rings. The SMILES string of the molecule is CCN(CC(C)(C)O)c1ccc(C(C)NC)cc1Cl. The maximum atomic E-state index is 9.96. The van der Waals surface area contributed by atoms with E-state index in [-0.39, 0.29) is 6.04 Å². The molecule has 3 nitrogen and oxygen atoms in total. The summed E-state index contributed by atoms with van der Waals surface area (Å²) in [5.74, 6) is 0. The average Bonchev–Trinajstić information content (AvgIpc) is 2.34. The van der Waals surface area contributed by atoms with Crippen molar-refractivity contribution in [3.63, 3.8) is 0 Å². The number of aliphatic hydroxyl groups is 1. The van der Waals surface area contributed by atoms with Crippen molar-refractivity contribution in [2.75, 3.05) is 25.0 Å². The Balaban J connectivity index is 3.00. The molecule has 0 saturated carbocycles. The molecule has 0 aromatic heterocycles. The van der Waals surface area contributed by atoms with Gasteiger partial charge >= 0.3 is 0 Å². The summed E-state index contributed by atoms with van der Waals surface area (Å²) in [4.78, 5) is 2.09. The third-order valence-corrected chi connectivity index (χ3v) is 3.51. The lowest BCUT2D eigenvalue weighted by atomic mass is 10.1. The maximum Gasteiger partial charge on any atom is 0.0765 e. The van der Waals surface area contributed by atoms with Crippen molar-refractivity contribution < 1.29 is 5.11 Å². The van der Waals surface area contributed by atoms with E-state index in [0.717, 1.165) is 22.8 Å². The molecule has 1 unspecified atom stereocenters. The zero-order valence-electron chi connectivity index (χ0n) is 12.5. The molecule has 2 N–H and O–H groups in total. The van der Waals surface area contributed by atoms with Gasteiger partial charge in [0.1, 0.15) is 0 Å². The van der Waals surface area contributed by atoms with Crippen LogP contribution in [0.1, 0.15) is 39.3 Å². The highest BCUT2D eigenvalue weighted by Gasteiger charge is 2.19. The zero-order valence-corrected chi connectivity index (χ0v) is 13.3. The van der Waals surface area contributed by atoms with Crippen LogP contribution in [0.4, 0.5) is 5.69 Å². The summed E-state index contributed by atoms with van der Waals surface area (Å²) < 4.78 is 0. The Morgan fingerprint density at radius 2 is 2.05 bits per heavy atom.